The van der Waals surface area contributed by atoms with E-state index in [9.17, 15) is 4.79 Å². The van der Waals surface area contributed by atoms with Gasteiger partial charge in [-0.2, -0.15) is 0 Å². The topological polar surface area (TPSA) is 70.2 Å². The number of fused-ring (bicyclic) bond motifs is 1. The van der Waals surface area contributed by atoms with Crippen molar-refractivity contribution in [1.29, 1.82) is 0 Å². The lowest BCUT2D eigenvalue weighted by Crippen LogP contribution is -2.42. The Balaban J connectivity index is 1.58. The lowest BCUT2D eigenvalue weighted by Gasteiger charge is -2.31. The van der Waals surface area contributed by atoms with Crippen molar-refractivity contribution < 1.29 is 9.53 Å². The van der Waals surface area contributed by atoms with Crippen LogP contribution in [0.15, 0.2) is 18.2 Å². The van der Waals surface area contributed by atoms with E-state index in [0.717, 1.165) is 29.8 Å². The van der Waals surface area contributed by atoms with Gasteiger partial charge < -0.3 is 19.9 Å². The number of imidazole rings is 1. The van der Waals surface area contributed by atoms with Crippen LogP contribution in [0.1, 0.15) is 19.8 Å². The predicted octanol–water partition coefficient (Wildman–Crippen LogP) is 3.25. The maximum atomic E-state index is 11.7. The molecule has 1 saturated heterocycles. The van der Waals surface area contributed by atoms with E-state index in [-0.39, 0.29) is 6.09 Å². The molecule has 3 rings (SSSR count). The molecule has 2 aromatic rings. The van der Waals surface area contributed by atoms with Gasteiger partial charge in [0, 0.05) is 24.2 Å². The molecule has 0 atom stereocenters. The van der Waals surface area contributed by atoms with Crippen molar-refractivity contribution in [3.63, 3.8) is 0 Å². The first kappa shape index (κ1) is 15.0. The van der Waals surface area contributed by atoms with Crippen LogP contribution in [0.3, 0.4) is 0 Å². The van der Waals surface area contributed by atoms with E-state index in [1.165, 1.54) is 0 Å². The van der Waals surface area contributed by atoms with Crippen molar-refractivity contribution in [2.45, 2.75) is 25.8 Å². The number of aromatic amines is 1. The number of anilines is 1. The number of rotatable bonds is 3. The fourth-order valence-electron chi connectivity index (χ4n) is 2.66. The van der Waals surface area contributed by atoms with Gasteiger partial charge in [-0.05, 0) is 38.0 Å². The molecule has 2 N–H and O–H groups in total. The third kappa shape index (κ3) is 3.27. The predicted molar refractivity (Wildman–Crippen MR) is 86.3 cm³/mol. The minimum Gasteiger partial charge on any atom is -0.450 e. The van der Waals surface area contributed by atoms with Crippen molar-refractivity contribution in [2.75, 3.05) is 25.0 Å². The number of hydrogen-bond acceptors (Lipinski definition) is 4. The summed E-state index contributed by atoms with van der Waals surface area (Å²) >= 11 is 5.97. The molecule has 0 radical (unpaired) electrons. The molecule has 0 bridgehead atoms. The average Bonchev–Trinajstić information content (AvgIpc) is 2.89. The van der Waals surface area contributed by atoms with Crippen molar-refractivity contribution in [2.24, 2.45) is 0 Å². The molecule has 1 amide bonds. The van der Waals surface area contributed by atoms with E-state index in [2.05, 4.69) is 15.3 Å². The summed E-state index contributed by atoms with van der Waals surface area (Å²) in [7, 11) is 0. The minimum absolute atomic E-state index is 0.223. The summed E-state index contributed by atoms with van der Waals surface area (Å²) in [6.07, 6.45) is 1.52. The first-order chi connectivity index (χ1) is 10.7. The van der Waals surface area contributed by atoms with Gasteiger partial charge in [-0.1, -0.05) is 11.6 Å². The number of likely N-dealkylation sites (tertiary alicyclic amines) is 1. The quantitative estimate of drug-likeness (QED) is 0.910. The van der Waals surface area contributed by atoms with Gasteiger partial charge in [-0.15, -0.1) is 0 Å². The number of hydrogen-bond donors (Lipinski definition) is 2. The summed E-state index contributed by atoms with van der Waals surface area (Å²) in [5.74, 6) is 0.742. The number of nitrogens with zero attached hydrogens (tertiary/aromatic N) is 2. The Morgan fingerprint density at radius 3 is 3.00 bits per heavy atom. The molecule has 0 spiro atoms. The average molecular weight is 323 g/mol. The van der Waals surface area contributed by atoms with Gasteiger partial charge in [-0.3, -0.25) is 0 Å². The van der Waals surface area contributed by atoms with Crippen molar-refractivity contribution in [3.8, 4) is 0 Å². The highest BCUT2D eigenvalue weighted by Gasteiger charge is 2.23. The Hall–Kier alpha value is -1.95. The smallest absolute Gasteiger partial charge is 0.409 e. The number of benzene rings is 1. The molecule has 1 aliphatic heterocycles. The molecule has 1 fully saturated rings. The molecular weight excluding hydrogens is 304 g/mol. The monoisotopic (exact) mass is 322 g/mol. The van der Waals surface area contributed by atoms with Crippen molar-refractivity contribution in [1.82, 2.24) is 14.9 Å². The fraction of sp³-hybridized carbons (Fsp3) is 0.467. The van der Waals surface area contributed by atoms with Crippen LogP contribution in [-0.4, -0.2) is 46.7 Å². The Bertz CT molecular complexity index is 665. The maximum Gasteiger partial charge on any atom is 0.409 e. The maximum absolute atomic E-state index is 11.7. The molecule has 2 heterocycles. The molecule has 0 unspecified atom stereocenters. The molecular formula is C15H19ClN4O2. The van der Waals surface area contributed by atoms with E-state index in [4.69, 9.17) is 16.3 Å². The number of carbonyl (C=O) groups is 1. The largest absolute Gasteiger partial charge is 0.450 e. The first-order valence-electron chi connectivity index (χ1n) is 7.49. The molecule has 0 saturated carbocycles. The highest BCUT2D eigenvalue weighted by atomic mass is 35.5. The normalized spacial score (nSPS) is 16.0. The Morgan fingerprint density at radius 2 is 2.27 bits per heavy atom. The van der Waals surface area contributed by atoms with E-state index < -0.39 is 0 Å². The van der Waals surface area contributed by atoms with Crippen LogP contribution >= 0.6 is 11.6 Å². The molecule has 1 aromatic carbocycles. The van der Waals surface area contributed by atoms with Gasteiger partial charge in [0.05, 0.1) is 17.6 Å². The number of piperidine rings is 1. The number of aromatic nitrogens is 2. The fourth-order valence-corrected chi connectivity index (χ4v) is 2.84. The van der Waals surface area contributed by atoms with Gasteiger partial charge in [0.25, 0.3) is 0 Å². The van der Waals surface area contributed by atoms with Gasteiger partial charge in [0.2, 0.25) is 5.95 Å². The highest BCUT2D eigenvalue weighted by Crippen LogP contribution is 2.21. The highest BCUT2D eigenvalue weighted by molar-refractivity contribution is 6.31. The SMILES string of the molecule is CCOC(=O)N1CCC(Nc2nc3ccc(Cl)cc3[nH]2)CC1. The summed E-state index contributed by atoms with van der Waals surface area (Å²) in [5.41, 5.74) is 1.80. The summed E-state index contributed by atoms with van der Waals surface area (Å²) < 4.78 is 5.02. The van der Waals surface area contributed by atoms with Gasteiger partial charge in [0.15, 0.2) is 0 Å². The second kappa shape index (κ2) is 6.44. The van der Waals surface area contributed by atoms with Crippen molar-refractivity contribution in [3.05, 3.63) is 23.2 Å². The van der Waals surface area contributed by atoms with Crippen LogP contribution in [0.25, 0.3) is 11.0 Å². The summed E-state index contributed by atoms with van der Waals surface area (Å²) in [6.45, 7) is 3.63. The van der Waals surface area contributed by atoms with E-state index in [1.807, 2.05) is 25.1 Å². The van der Waals surface area contributed by atoms with E-state index >= 15 is 0 Å². The molecule has 22 heavy (non-hydrogen) atoms. The Morgan fingerprint density at radius 1 is 1.50 bits per heavy atom. The van der Waals surface area contributed by atoms with Crippen LogP contribution in [0.5, 0.6) is 0 Å². The summed E-state index contributed by atoms with van der Waals surface area (Å²) in [5, 5.41) is 4.08. The second-order valence-corrected chi connectivity index (χ2v) is 5.79. The lowest BCUT2D eigenvalue weighted by atomic mass is 10.1. The molecule has 6 nitrogen and oxygen atoms in total. The zero-order chi connectivity index (χ0) is 15.5. The Labute approximate surface area is 133 Å². The van der Waals surface area contributed by atoms with E-state index in [1.54, 1.807) is 4.90 Å². The third-order valence-corrected chi connectivity index (χ3v) is 4.04. The standard InChI is InChI=1S/C15H19ClN4O2/c1-2-22-15(21)20-7-5-11(6-8-20)17-14-18-12-4-3-10(16)9-13(12)19-14/h3-4,9,11H,2,5-8H2,1H3,(H2,17,18,19). The number of ether oxygens (including phenoxy) is 1. The van der Waals surface area contributed by atoms with Gasteiger partial charge in [-0.25, -0.2) is 9.78 Å². The third-order valence-electron chi connectivity index (χ3n) is 3.81. The summed E-state index contributed by atoms with van der Waals surface area (Å²) in [4.78, 5) is 21.1. The Kier molecular flexibility index (Phi) is 4.38. The molecule has 1 aliphatic rings. The van der Waals surface area contributed by atoms with Crippen LogP contribution in [-0.2, 0) is 4.74 Å². The molecule has 1 aromatic heterocycles. The van der Waals surface area contributed by atoms with Crippen molar-refractivity contribution >= 4 is 34.7 Å². The lowest BCUT2D eigenvalue weighted by molar-refractivity contribution is 0.0983. The molecule has 0 aliphatic carbocycles. The van der Waals surface area contributed by atoms with E-state index in [0.29, 0.717) is 30.8 Å². The number of amides is 1. The number of nitrogens with one attached hydrogen (secondary N) is 2. The van der Waals surface area contributed by atoms with Crippen LogP contribution < -0.4 is 5.32 Å². The molecule has 7 heteroatoms. The number of halogens is 1. The van der Waals surface area contributed by atoms with Crippen LogP contribution in [0, 0.1) is 0 Å². The minimum atomic E-state index is -0.223. The second-order valence-electron chi connectivity index (χ2n) is 5.35. The molecule has 118 valence electrons. The van der Waals surface area contributed by atoms with Gasteiger partial charge >= 0.3 is 6.09 Å². The first-order valence-corrected chi connectivity index (χ1v) is 7.87. The zero-order valence-corrected chi connectivity index (χ0v) is 13.2. The number of H-pyrrole nitrogens is 1. The van der Waals surface area contributed by atoms with Crippen LogP contribution in [0.4, 0.5) is 10.7 Å². The number of carbonyl (C=O) groups excluding carboxylic acids is 1. The summed E-state index contributed by atoms with van der Waals surface area (Å²) in [6, 6.07) is 5.87. The van der Waals surface area contributed by atoms with Crippen LogP contribution in [0.2, 0.25) is 5.02 Å². The van der Waals surface area contributed by atoms with Gasteiger partial charge in [0.1, 0.15) is 0 Å². The zero-order valence-electron chi connectivity index (χ0n) is 12.4.